The van der Waals surface area contributed by atoms with Crippen LogP contribution in [0.5, 0.6) is 5.75 Å². The van der Waals surface area contributed by atoms with Crippen LogP contribution >= 0.6 is 23.8 Å². The standard InChI is InChI=1S/C16H16ClN3OS/c1-18-16(22)20-19-10-12-4-3-7-15(9-12)21-11-13-5-2-6-14(17)8-13/h2-10H,11H2,1H3,(H2,18,20,22)/b19-10+. The van der Waals surface area contributed by atoms with Gasteiger partial charge >= 0.3 is 0 Å². The van der Waals surface area contributed by atoms with Crippen molar-refractivity contribution in [3.63, 3.8) is 0 Å². The molecule has 6 heteroatoms. The van der Waals surface area contributed by atoms with Crippen LogP contribution in [0.2, 0.25) is 5.02 Å². The van der Waals surface area contributed by atoms with Gasteiger partial charge in [-0.3, -0.25) is 5.43 Å². The van der Waals surface area contributed by atoms with Gasteiger partial charge in [0.2, 0.25) is 0 Å². The first-order valence-electron chi connectivity index (χ1n) is 6.65. The average Bonchev–Trinajstić information content (AvgIpc) is 2.53. The zero-order valence-corrected chi connectivity index (χ0v) is 13.6. The first-order valence-corrected chi connectivity index (χ1v) is 7.44. The molecule has 0 saturated heterocycles. The molecule has 22 heavy (non-hydrogen) atoms. The number of benzene rings is 2. The number of hydrogen-bond acceptors (Lipinski definition) is 3. The van der Waals surface area contributed by atoms with Gasteiger partial charge in [-0.1, -0.05) is 35.9 Å². The monoisotopic (exact) mass is 333 g/mol. The zero-order chi connectivity index (χ0) is 15.8. The molecule has 114 valence electrons. The Hall–Kier alpha value is -2.11. The van der Waals surface area contributed by atoms with Crippen LogP contribution in [0.25, 0.3) is 0 Å². The first kappa shape index (κ1) is 16.3. The second-order valence-electron chi connectivity index (χ2n) is 4.44. The lowest BCUT2D eigenvalue weighted by Crippen LogP contribution is -2.28. The van der Waals surface area contributed by atoms with E-state index in [4.69, 9.17) is 28.6 Å². The Balaban J connectivity index is 1.95. The lowest BCUT2D eigenvalue weighted by atomic mass is 10.2. The molecule has 2 rings (SSSR count). The van der Waals surface area contributed by atoms with Crippen molar-refractivity contribution in [2.24, 2.45) is 5.10 Å². The number of rotatable bonds is 5. The van der Waals surface area contributed by atoms with Crippen LogP contribution in [0.3, 0.4) is 0 Å². The molecule has 0 aliphatic rings. The summed E-state index contributed by atoms with van der Waals surface area (Å²) in [6.07, 6.45) is 1.68. The number of nitrogens with zero attached hydrogens (tertiary/aromatic N) is 1. The van der Waals surface area contributed by atoms with E-state index in [0.29, 0.717) is 16.7 Å². The normalized spacial score (nSPS) is 10.5. The number of halogens is 1. The van der Waals surface area contributed by atoms with Crippen molar-refractivity contribution in [2.45, 2.75) is 6.61 Å². The van der Waals surface area contributed by atoms with Crippen LogP contribution in [-0.4, -0.2) is 18.4 Å². The maximum Gasteiger partial charge on any atom is 0.186 e. The van der Waals surface area contributed by atoms with E-state index in [-0.39, 0.29) is 0 Å². The van der Waals surface area contributed by atoms with Crippen LogP contribution in [0.1, 0.15) is 11.1 Å². The first-order chi connectivity index (χ1) is 10.7. The average molecular weight is 334 g/mol. The summed E-state index contributed by atoms with van der Waals surface area (Å²) in [4.78, 5) is 0. The van der Waals surface area contributed by atoms with Gasteiger partial charge in [0.1, 0.15) is 12.4 Å². The molecule has 0 heterocycles. The van der Waals surface area contributed by atoms with E-state index in [2.05, 4.69) is 15.8 Å². The van der Waals surface area contributed by atoms with Crippen molar-refractivity contribution >= 4 is 35.1 Å². The molecule has 0 unspecified atom stereocenters. The van der Waals surface area contributed by atoms with Crippen LogP contribution in [0.4, 0.5) is 0 Å². The van der Waals surface area contributed by atoms with Crippen molar-refractivity contribution in [1.82, 2.24) is 10.7 Å². The number of ether oxygens (including phenoxy) is 1. The fourth-order valence-electron chi connectivity index (χ4n) is 1.70. The van der Waals surface area contributed by atoms with E-state index in [1.807, 2.05) is 48.5 Å². The minimum Gasteiger partial charge on any atom is -0.489 e. The third kappa shape index (κ3) is 5.35. The van der Waals surface area contributed by atoms with Gasteiger partial charge in [0.15, 0.2) is 5.11 Å². The van der Waals surface area contributed by atoms with Crippen molar-refractivity contribution in [3.05, 3.63) is 64.7 Å². The van der Waals surface area contributed by atoms with Gasteiger partial charge in [0.25, 0.3) is 0 Å². The topological polar surface area (TPSA) is 45.7 Å². The van der Waals surface area contributed by atoms with Gasteiger partial charge in [0, 0.05) is 12.1 Å². The van der Waals surface area contributed by atoms with Gasteiger partial charge in [-0.15, -0.1) is 0 Å². The van der Waals surface area contributed by atoms with Crippen molar-refractivity contribution in [3.8, 4) is 5.75 Å². The molecule has 2 N–H and O–H groups in total. The summed E-state index contributed by atoms with van der Waals surface area (Å²) in [5, 5.41) is 7.97. The van der Waals surface area contributed by atoms with E-state index in [9.17, 15) is 0 Å². The number of hydrazone groups is 1. The second kappa shape index (κ2) is 8.36. The van der Waals surface area contributed by atoms with Crippen molar-refractivity contribution < 1.29 is 4.74 Å². The molecule has 0 saturated carbocycles. The molecule has 0 radical (unpaired) electrons. The van der Waals surface area contributed by atoms with Crippen LogP contribution in [0.15, 0.2) is 53.6 Å². The highest BCUT2D eigenvalue weighted by atomic mass is 35.5. The molecule has 0 fully saturated rings. The Morgan fingerprint density at radius 2 is 2.09 bits per heavy atom. The molecule has 0 spiro atoms. The highest BCUT2D eigenvalue weighted by molar-refractivity contribution is 7.80. The van der Waals surface area contributed by atoms with Crippen LogP contribution in [0, 0.1) is 0 Å². The maximum absolute atomic E-state index is 5.95. The minimum atomic E-state index is 0.462. The Morgan fingerprint density at radius 3 is 2.86 bits per heavy atom. The van der Waals surface area contributed by atoms with Gasteiger partial charge in [-0.05, 0) is 47.6 Å². The summed E-state index contributed by atoms with van der Waals surface area (Å²) >= 11 is 10.9. The van der Waals surface area contributed by atoms with E-state index < -0.39 is 0 Å². The molecule has 0 amide bonds. The largest absolute Gasteiger partial charge is 0.489 e. The third-order valence-corrected chi connectivity index (χ3v) is 3.29. The lowest BCUT2D eigenvalue weighted by Gasteiger charge is -2.07. The summed E-state index contributed by atoms with van der Waals surface area (Å²) < 4.78 is 5.76. The van der Waals surface area contributed by atoms with Gasteiger partial charge in [-0.2, -0.15) is 5.10 Å². The number of hydrogen-bond donors (Lipinski definition) is 2. The molecule has 0 aliphatic heterocycles. The van der Waals surface area contributed by atoms with E-state index >= 15 is 0 Å². The van der Waals surface area contributed by atoms with Crippen LogP contribution < -0.4 is 15.5 Å². The fraction of sp³-hybridized carbons (Fsp3) is 0.125. The lowest BCUT2D eigenvalue weighted by molar-refractivity contribution is 0.306. The van der Waals surface area contributed by atoms with E-state index in [1.165, 1.54) is 0 Å². The molecule has 2 aromatic carbocycles. The maximum atomic E-state index is 5.95. The summed E-state index contributed by atoms with van der Waals surface area (Å²) in [5.41, 5.74) is 4.63. The summed E-state index contributed by atoms with van der Waals surface area (Å²) in [6, 6.07) is 15.2. The third-order valence-electron chi connectivity index (χ3n) is 2.76. The molecule has 0 bridgehead atoms. The molecule has 0 atom stereocenters. The summed E-state index contributed by atoms with van der Waals surface area (Å²) in [5.74, 6) is 0.764. The molecule has 0 aromatic heterocycles. The Bertz CT molecular complexity index is 676. The van der Waals surface area contributed by atoms with E-state index in [0.717, 1.165) is 16.9 Å². The molecular formula is C16H16ClN3OS. The number of nitrogens with one attached hydrogen (secondary N) is 2. The summed E-state index contributed by atoms with van der Waals surface area (Å²) in [7, 11) is 1.73. The van der Waals surface area contributed by atoms with Crippen molar-refractivity contribution in [2.75, 3.05) is 7.05 Å². The van der Waals surface area contributed by atoms with Gasteiger partial charge in [0.05, 0.1) is 6.21 Å². The zero-order valence-electron chi connectivity index (χ0n) is 12.0. The molecule has 2 aromatic rings. The minimum absolute atomic E-state index is 0.462. The quantitative estimate of drug-likeness (QED) is 0.500. The molecule has 0 aliphatic carbocycles. The molecule has 4 nitrogen and oxygen atoms in total. The van der Waals surface area contributed by atoms with Crippen LogP contribution in [-0.2, 0) is 6.61 Å². The predicted molar refractivity (Wildman–Crippen MR) is 94.6 cm³/mol. The highest BCUT2D eigenvalue weighted by Gasteiger charge is 1.98. The molecular weight excluding hydrogens is 318 g/mol. The SMILES string of the molecule is CNC(=S)N/N=C/c1cccc(OCc2cccc(Cl)c2)c1. The smallest absolute Gasteiger partial charge is 0.186 e. The Labute approximate surface area is 140 Å². The highest BCUT2D eigenvalue weighted by Crippen LogP contribution is 2.16. The van der Waals surface area contributed by atoms with Crippen molar-refractivity contribution in [1.29, 1.82) is 0 Å². The summed E-state index contributed by atoms with van der Waals surface area (Å²) in [6.45, 7) is 0.462. The number of thiocarbonyl (C=S) groups is 1. The Kier molecular flexibility index (Phi) is 6.18. The van der Waals surface area contributed by atoms with Gasteiger partial charge in [-0.25, -0.2) is 0 Å². The second-order valence-corrected chi connectivity index (χ2v) is 5.28. The van der Waals surface area contributed by atoms with Gasteiger partial charge < -0.3 is 10.1 Å². The van der Waals surface area contributed by atoms with E-state index in [1.54, 1.807) is 13.3 Å². The predicted octanol–water partition coefficient (Wildman–Crippen LogP) is 3.35. The Morgan fingerprint density at radius 1 is 1.27 bits per heavy atom. The fourth-order valence-corrected chi connectivity index (χ4v) is 1.96.